The molecule has 0 atom stereocenters. The molecular formula is C15H15BrF2N2O4S2. The number of rotatable bonds is 7. The summed E-state index contributed by atoms with van der Waals surface area (Å²) in [7, 11) is -8.02. The highest BCUT2D eigenvalue weighted by Crippen LogP contribution is 2.28. The SMILES string of the molecule is CCCS(=O)(=O)Nc1cc(NS(=O)(=O)c2ccccc2Br)c(F)cc1F. The van der Waals surface area contributed by atoms with Crippen molar-refractivity contribution in [2.75, 3.05) is 15.2 Å². The van der Waals surface area contributed by atoms with Gasteiger partial charge in [0.1, 0.15) is 16.5 Å². The third-order valence-electron chi connectivity index (χ3n) is 3.17. The van der Waals surface area contributed by atoms with E-state index in [1.165, 1.54) is 18.2 Å². The van der Waals surface area contributed by atoms with Gasteiger partial charge in [0, 0.05) is 10.5 Å². The van der Waals surface area contributed by atoms with Crippen LogP contribution in [0.15, 0.2) is 45.8 Å². The van der Waals surface area contributed by atoms with Crippen LogP contribution in [0.25, 0.3) is 0 Å². The molecule has 0 amide bonds. The van der Waals surface area contributed by atoms with Crippen molar-refractivity contribution in [3.8, 4) is 0 Å². The number of hydrogen-bond donors (Lipinski definition) is 2. The molecule has 2 aromatic rings. The molecule has 0 bridgehead atoms. The first-order valence-corrected chi connectivity index (χ1v) is 11.3. The quantitative estimate of drug-likeness (QED) is 0.647. The number of anilines is 2. The number of hydrogen-bond acceptors (Lipinski definition) is 4. The average molecular weight is 469 g/mol. The zero-order valence-corrected chi connectivity index (χ0v) is 16.7. The maximum absolute atomic E-state index is 14.0. The Morgan fingerprint density at radius 2 is 1.54 bits per heavy atom. The third-order valence-corrected chi connectivity index (χ3v) is 7.02. The highest BCUT2D eigenvalue weighted by Gasteiger charge is 2.21. The molecule has 2 N–H and O–H groups in total. The normalized spacial score (nSPS) is 12.0. The summed E-state index contributed by atoms with van der Waals surface area (Å²) in [6, 6.07) is 7.01. The fourth-order valence-corrected chi connectivity index (χ4v) is 5.25. The summed E-state index contributed by atoms with van der Waals surface area (Å²) in [5.41, 5.74) is -1.14. The molecule has 0 saturated carbocycles. The summed E-state index contributed by atoms with van der Waals surface area (Å²) in [6.07, 6.45) is 0.291. The first-order valence-electron chi connectivity index (χ1n) is 7.32. The molecule has 0 spiro atoms. The van der Waals surface area contributed by atoms with Gasteiger partial charge in [0.05, 0.1) is 17.1 Å². The molecule has 0 aliphatic rings. The summed E-state index contributed by atoms with van der Waals surface area (Å²) in [4.78, 5) is -0.156. The second-order valence-electron chi connectivity index (χ2n) is 5.27. The minimum absolute atomic E-state index is 0.156. The molecule has 0 saturated heterocycles. The fourth-order valence-electron chi connectivity index (χ4n) is 2.06. The van der Waals surface area contributed by atoms with Crippen LogP contribution in [-0.2, 0) is 20.0 Å². The summed E-state index contributed by atoms with van der Waals surface area (Å²) in [5, 5.41) is 0. The van der Waals surface area contributed by atoms with Crippen molar-refractivity contribution in [3.63, 3.8) is 0 Å². The van der Waals surface area contributed by atoms with Crippen LogP contribution in [0.3, 0.4) is 0 Å². The summed E-state index contributed by atoms with van der Waals surface area (Å²) in [5.74, 6) is -2.61. The minimum Gasteiger partial charge on any atom is -0.280 e. The van der Waals surface area contributed by atoms with Crippen LogP contribution in [0.1, 0.15) is 13.3 Å². The molecule has 0 fully saturated rings. The van der Waals surface area contributed by atoms with Gasteiger partial charge in [-0.2, -0.15) is 0 Å². The zero-order chi connectivity index (χ0) is 19.5. The Kier molecular flexibility index (Phi) is 6.25. The molecule has 2 aromatic carbocycles. The van der Waals surface area contributed by atoms with Crippen molar-refractivity contribution in [2.45, 2.75) is 18.2 Å². The molecule has 26 heavy (non-hydrogen) atoms. The van der Waals surface area contributed by atoms with Crippen LogP contribution in [-0.4, -0.2) is 22.6 Å². The van der Waals surface area contributed by atoms with Gasteiger partial charge in [-0.15, -0.1) is 0 Å². The van der Waals surface area contributed by atoms with E-state index in [0.29, 0.717) is 12.5 Å². The van der Waals surface area contributed by atoms with Crippen molar-refractivity contribution in [2.24, 2.45) is 0 Å². The Bertz CT molecular complexity index is 1030. The molecule has 0 heterocycles. The van der Waals surface area contributed by atoms with Gasteiger partial charge >= 0.3 is 0 Å². The van der Waals surface area contributed by atoms with Crippen LogP contribution in [0.4, 0.5) is 20.2 Å². The van der Waals surface area contributed by atoms with Crippen molar-refractivity contribution in [3.05, 3.63) is 52.5 Å². The lowest BCUT2D eigenvalue weighted by molar-refractivity contribution is 0.582. The van der Waals surface area contributed by atoms with E-state index in [1.807, 2.05) is 9.44 Å². The van der Waals surface area contributed by atoms with Crippen molar-refractivity contribution < 1.29 is 25.6 Å². The lowest BCUT2D eigenvalue weighted by Gasteiger charge is -2.13. The van der Waals surface area contributed by atoms with Crippen molar-refractivity contribution >= 4 is 47.4 Å². The number of sulfonamides is 2. The molecular weight excluding hydrogens is 454 g/mol. The van der Waals surface area contributed by atoms with Crippen LogP contribution in [0, 0.1) is 11.6 Å². The molecule has 11 heteroatoms. The average Bonchev–Trinajstić information content (AvgIpc) is 2.51. The molecule has 2 rings (SSSR count). The molecule has 0 aliphatic heterocycles. The number of benzene rings is 2. The van der Waals surface area contributed by atoms with E-state index in [-0.39, 0.29) is 15.1 Å². The van der Waals surface area contributed by atoms with Gasteiger partial charge in [-0.3, -0.25) is 9.44 Å². The van der Waals surface area contributed by atoms with E-state index in [0.717, 1.165) is 6.07 Å². The maximum atomic E-state index is 14.0. The Hall–Kier alpha value is -1.72. The van der Waals surface area contributed by atoms with Gasteiger partial charge in [-0.1, -0.05) is 19.1 Å². The molecule has 0 radical (unpaired) electrons. The van der Waals surface area contributed by atoms with E-state index < -0.39 is 43.1 Å². The van der Waals surface area contributed by atoms with Crippen LogP contribution in [0.2, 0.25) is 0 Å². The van der Waals surface area contributed by atoms with E-state index in [4.69, 9.17) is 0 Å². The maximum Gasteiger partial charge on any atom is 0.263 e. The van der Waals surface area contributed by atoms with Crippen LogP contribution >= 0.6 is 15.9 Å². The van der Waals surface area contributed by atoms with Gasteiger partial charge in [0.25, 0.3) is 10.0 Å². The van der Waals surface area contributed by atoms with Crippen molar-refractivity contribution in [1.82, 2.24) is 0 Å². The lowest BCUT2D eigenvalue weighted by Crippen LogP contribution is -2.18. The van der Waals surface area contributed by atoms with Gasteiger partial charge in [0.15, 0.2) is 0 Å². The van der Waals surface area contributed by atoms with Gasteiger partial charge in [0.2, 0.25) is 10.0 Å². The molecule has 6 nitrogen and oxygen atoms in total. The standard InChI is InChI=1S/C15H15BrF2N2O4S2/c1-2-7-25(21,22)19-13-9-14(12(18)8-11(13)17)20-26(23,24)15-6-4-3-5-10(15)16/h3-6,8-9,19-20H,2,7H2,1H3. The second kappa shape index (κ2) is 7.89. The lowest BCUT2D eigenvalue weighted by atomic mass is 10.2. The summed E-state index contributed by atoms with van der Waals surface area (Å²) < 4.78 is 80.5. The smallest absolute Gasteiger partial charge is 0.263 e. The monoisotopic (exact) mass is 468 g/mol. The fraction of sp³-hybridized carbons (Fsp3) is 0.200. The van der Waals surface area contributed by atoms with Gasteiger partial charge in [-0.05, 0) is 40.5 Å². The molecule has 0 unspecified atom stereocenters. The predicted molar refractivity (Wildman–Crippen MR) is 99.0 cm³/mol. The second-order valence-corrected chi connectivity index (χ2v) is 9.62. The Balaban J connectivity index is 2.42. The summed E-state index contributed by atoms with van der Waals surface area (Å²) >= 11 is 3.08. The van der Waals surface area contributed by atoms with Crippen LogP contribution < -0.4 is 9.44 Å². The Morgan fingerprint density at radius 3 is 2.12 bits per heavy atom. The van der Waals surface area contributed by atoms with Gasteiger partial charge < -0.3 is 0 Å². The van der Waals surface area contributed by atoms with E-state index in [9.17, 15) is 25.6 Å². The van der Waals surface area contributed by atoms with E-state index >= 15 is 0 Å². The molecule has 0 aliphatic carbocycles. The third kappa shape index (κ3) is 4.92. The Morgan fingerprint density at radius 1 is 0.962 bits per heavy atom. The first-order chi connectivity index (χ1) is 12.1. The van der Waals surface area contributed by atoms with Crippen LogP contribution in [0.5, 0.6) is 0 Å². The largest absolute Gasteiger partial charge is 0.280 e. The first kappa shape index (κ1) is 20.6. The number of nitrogens with one attached hydrogen (secondary N) is 2. The highest BCUT2D eigenvalue weighted by molar-refractivity contribution is 9.10. The van der Waals surface area contributed by atoms with Crippen molar-refractivity contribution in [1.29, 1.82) is 0 Å². The Labute approximate surface area is 158 Å². The van der Waals surface area contributed by atoms with Gasteiger partial charge in [-0.25, -0.2) is 25.6 Å². The zero-order valence-electron chi connectivity index (χ0n) is 13.5. The van der Waals surface area contributed by atoms with E-state index in [2.05, 4.69) is 15.9 Å². The predicted octanol–water partition coefficient (Wildman–Crippen LogP) is 3.68. The highest BCUT2D eigenvalue weighted by atomic mass is 79.9. The number of halogens is 3. The molecule has 142 valence electrons. The minimum atomic E-state index is -4.19. The topological polar surface area (TPSA) is 92.3 Å². The molecule has 0 aromatic heterocycles. The van der Waals surface area contributed by atoms with E-state index in [1.54, 1.807) is 13.0 Å². The summed E-state index contributed by atoms with van der Waals surface area (Å²) in [6.45, 7) is 1.62.